The first-order valence-electron chi connectivity index (χ1n) is 13.2. The highest BCUT2D eigenvalue weighted by Crippen LogP contribution is 2.38. The van der Waals surface area contributed by atoms with Crippen LogP contribution < -0.4 is 15.4 Å². The third kappa shape index (κ3) is 4.37. The molecule has 4 saturated heterocycles. The molecule has 0 unspecified atom stereocenters. The molecular weight excluding hydrogens is 464 g/mol. The number of fused-ring (bicyclic) bond motifs is 6. The lowest BCUT2D eigenvalue weighted by Gasteiger charge is -2.30. The number of aryl methyl sites for hydroxylation is 2. The van der Waals surface area contributed by atoms with Crippen molar-refractivity contribution in [1.82, 2.24) is 24.1 Å². The second kappa shape index (κ2) is 8.99. The first-order chi connectivity index (χ1) is 16.8. The maximum atomic E-state index is 12.7. The van der Waals surface area contributed by atoms with Crippen LogP contribution in [-0.4, -0.2) is 93.0 Å². The summed E-state index contributed by atoms with van der Waals surface area (Å²) >= 11 is 0. The summed E-state index contributed by atoms with van der Waals surface area (Å²) in [5, 5.41) is 6.35. The Balaban J connectivity index is 0.000000240. The number of piperazine rings is 2. The van der Waals surface area contributed by atoms with E-state index in [9.17, 15) is 13.2 Å². The molecule has 35 heavy (non-hydrogen) atoms. The summed E-state index contributed by atoms with van der Waals surface area (Å²) in [6, 6.07) is 3.57. The molecule has 9 nitrogen and oxygen atoms in total. The zero-order valence-electron chi connectivity index (χ0n) is 20.8. The Kier molecular flexibility index (Phi) is 6.08. The summed E-state index contributed by atoms with van der Waals surface area (Å²) < 4.78 is 29.2. The summed E-state index contributed by atoms with van der Waals surface area (Å²) in [5.41, 5.74) is 5.89. The summed E-state index contributed by atoms with van der Waals surface area (Å²) in [7, 11) is 0.416. The standard InChI is InChI=1S/C19H26N4O3S.C6H12N2/c1-22-10-15-9-14(22)11-23(15)27(25,26)21-19(24)20-18-16-6-2-4-12(16)8-13-5-3-7-17(13)18;1-8-4-5-2-6(8)3-7-5/h8,14-15H,2-7,9-11H2,1H3,(H2,20,21,24);5-7H,2-4H2,1H3/t14-,15-;5-,6-/m11/s1. The minimum atomic E-state index is -3.82. The molecule has 7 rings (SSSR count). The van der Waals surface area contributed by atoms with Gasteiger partial charge in [-0.15, -0.1) is 0 Å². The molecular formula is C25H38N6O3S. The molecule has 10 heteroatoms. The Morgan fingerprint density at radius 2 is 1.60 bits per heavy atom. The SMILES string of the molecule is CN1C[C@H]2C[C@@H]1CN2.CN1C[C@H]2C[C@@H]1CN2S(=O)(=O)NC(=O)Nc1c2c(cc3c1CCC3)CCC2. The number of rotatable bonds is 3. The molecule has 4 bridgehead atoms. The smallest absolute Gasteiger partial charge is 0.311 e. The summed E-state index contributed by atoms with van der Waals surface area (Å²) in [5.74, 6) is 0. The van der Waals surface area contributed by atoms with E-state index in [1.807, 2.05) is 7.05 Å². The molecule has 0 saturated carbocycles. The Hall–Kier alpha value is -1.72. The zero-order valence-corrected chi connectivity index (χ0v) is 21.7. The Labute approximate surface area is 208 Å². The minimum absolute atomic E-state index is 0.0319. The average Bonchev–Trinajstić information content (AvgIpc) is 3.62. The maximum Gasteiger partial charge on any atom is 0.333 e. The van der Waals surface area contributed by atoms with Crippen molar-refractivity contribution < 1.29 is 13.2 Å². The van der Waals surface area contributed by atoms with E-state index in [2.05, 4.69) is 38.3 Å². The number of hydrogen-bond donors (Lipinski definition) is 3. The van der Waals surface area contributed by atoms with Gasteiger partial charge < -0.3 is 20.4 Å². The van der Waals surface area contributed by atoms with Gasteiger partial charge in [0.05, 0.1) is 0 Å². The van der Waals surface area contributed by atoms with E-state index in [0.717, 1.165) is 69.3 Å². The minimum Gasteiger partial charge on any atom is -0.311 e. The van der Waals surface area contributed by atoms with Crippen LogP contribution in [0.1, 0.15) is 47.9 Å². The van der Waals surface area contributed by atoms with E-state index < -0.39 is 16.2 Å². The third-order valence-corrected chi connectivity index (χ3v) is 10.5. The first kappa shape index (κ1) is 23.7. The van der Waals surface area contributed by atoms with Gasteiger partial charge in [0, 0.05) is 56.0 Å². The number of carbonyl (C=O) groups excluding carboxylic acids is 1. The van der Waals surface area contributed by atoms with E-state index in [0.29, 0.717) is 6.54 Å². The van der Waals surface area contributed by atoms with E-state index >= 15 is 0 Å². The molecule has 2 amide bonds. The van der Waals surface area contributed by atoms with Crippen LogP contribution in [0.5, 0.6) is 0 Å². The molecule has 2 aliphatic carbocycles. The van der Waals surface area contributed by atoms with Gasteiger partial charge in [-0.05, 0) is 87.7 Å². The summed E-state index contributed by atoms with van der Waals surface area (Å²) in [6.07, 6.45) is 8.41. The second-order valence-electron chi connectivity index (χ2n) is 11.3. The van der Waals surface area contributed by atoms with Crippen LogP contribution in [0.4, 0.5) is 10.5 Å². The molecule has 0 spiro atoms. The van der Waals surface area contributed by atoms with Gasteiger partial charge in [-0.2, -0.15) is 12.7 Å². The topological polar surface area (TPSA) is 97.0 Å². The lowest BCUT2D eigenvalue weighted by molar-refractivity contribution is 0.214. The number of nitrogens with one attached hydrogen (secondary N) is 3. The molecule has 192 valence electrons. The molecule has 1 aromatic carbocycles. The van der Waals surface area contributed by atoms with Gasteiger partial charge in [0.1, 0.15) is 0 Å². The number of urea groups is 1. The first-order valence-corrected chi connectivity index (χ1v) is 14.6. The average molecular weight is 503 g/mol. The van der Waals surface area contributed by atoms with E-state index in [1.165, 1.54) is 46.1 Å². The van der Waals surface area contributed by atoms with Crippen LogP contribution in [-0.2, 0) is 35.9 Å². The largest absolute Gasteiger partial charge is 0.333 e. The van der Waals surface area contributed by atoms with Crippen molar-refractivity contribution in [3.05, 3.63) is 28.3 Å². The van der Waals surface area contributed by atoms with Gasteiger partial charge in [0.25, 0.3) is 0 Å². The van der Waals surface area contributed by atoms with Crippen LogP contribution in [0.15, 0.2) is 6.07 Å². The van der Waals surface area contributed by atoms with Crippen molar-refractivity contribution in [2.75, 3.05) is 45.6 Å². The van der Waals surface area contributed by atoms with Crippen molar-refractivity contribution >= 4 is 21.9 Å². The molecule has 4 aliphatic heterocycles. The predicted octanol–water partition coefficient (Wildman–Crippen LogP) is 1.08. The molecule has 6 aliphatic rings. The fourth-order valence-corrected chi connectivity index (χ4v) is 8.49. The van der Waals surface area contributed by atoms with Crippen molar-refractivity contribution in [1.29, 1.82) is 0 Å². The highest BCUT2D eigenvalue weighted by Gasteiger charge is 2.47. The van der Waals surface area contributed by atoms with Crippen molar-refractivity contribution in [3.63, 3.8) is 0 Å². The number of anilines is 1. The van der Waals surface area contributed by atoms with Crippen LogP contribution in [0.3, 0.4) is 0 Å². The number of hydrogen-bond acceptors (Lipinski definition) is 6. The number of likely N-dealkylation sites (N-methyl/N-ethyl adjacent to an activating group) is 2. The predicted molar refractivity (Wildman–Crippen MR) is 136 cm³/mol. The van der Waals surface area contributed by atoms with Crippen LogP contribution in [0.25, 0.3) is 0 Å². The maximum absolute atomic E-state index is 12.7. The fourth-order valence-electron chi connectivity index (χ4n) is 7.18. The number of carbonyl (C=O) groups is 1. The Morgan fingerprint density at radius 1 is 0.914 bits per heavy atom. The van der Waals surface area contributed by atoms with E-state index in [1.54, 1.807) is 0 Å². The molecule has 3 N–H and O–H groups in total. The highest BCUT2D eigenvalue weighted by atomic mass is 32.2. The van der Waals surface area contributed by atoms with Gasteiger partial charge in [0.15, 0.2) is 0 Å². The lowest BCUT2D eigenvalue weighted by atomic mass is 9.99. The van der Waals surface area contributed by atoms with E-state index in [-0.39, 0.29) is 12.1 Å². The van der Waals surface area contributed by atoms with Crippen LogP contribution in [0.2, 0.25) is 0 Å². The second-order valence-corrected chi connectivity index (χ2v) is 12.9. The van der Waals surface area contributed by atoms with Crippen LogP contribution >= 0.6 is 0 Å². The van der Waals surface area contributed by atoms with Crippen molar-refractivity contribution in [2.24, 2.45) is 0 Å². The van der Waals surface area contributed by atoms with Gasteiger partial charge in [-0.25, -0.2) is 9.52 Å². The van der Waals surface area contributed by atoms with Crippen LogP contribution in [0, 0.1) is 0 Å². The monoisotopic (exact) mass is 502 g/mol. The van der Waals surface area contributed by atoms with Crippen molar-refractivity contribution in [2.45, 2.75) is 75.5 Å². The quantitative estimate of drug-likeness (QED) is 0.573. The highest BCUT2D eigenvalue weighted by molar-refractivity contribution is 7.87. The summed E-state index contributed by atoms with van der Waals surface area (Å²) in [6.45, 7) is 3.68. The van der Waals surface area contributed by atoms with Gasteiger partial charge in [-0.3, -0.25) is 0 Å². The summed E-state index contributed by atoms with van der Waals surface area (Å²) in [4.78, 5) is 17.3. The van der Waals surface area contributed by atoms with Gasteiger partial charge in [-0.1, -0.05) is 6.07 Å². The van der Waals surface area contributed by atoms with Crippen molar-refractivity contribution in [3.8, 4) is 0 Å². The van der Waals surface area contributed by atoms with Gasteiger partial charge in [0.2, 0.25) is 0 Å². The molecule has 4 heterocycles. The third-order valence-electron chi connectivity index (χ3n) is 9.04. The number of benzene rings is 1. The molecule has 4 fully saturated rings. The number of likely N-dealkylation sites (tertiary alicyclic amines) is 2. The normalized spacial score (nSPS) is 31.4. The van der Waals surface area contributed by atoms with Gasteiger partial charge >= 0.3 is 16.2 Å². The molecule has 0 radical (unpaired) electrons. The zero-order chi connectivity index (χ0) is 24.3. The lowest BCUT2D eigenvalue weighted by Crippen LogP contribution is -2.52. The number of amides is 2. The number of nitrogens with zero attached hydrogens (tertiary/aromatic N) is 3. The fraction of sp³-hybridized carbons (Fsp3) is 0.720. The Morgan fingerprint density at radius 3 is 2.09 bits per heavy atom. The molecule has 0 aromatic heterocycles. The van der Waals surface area contributed by atoms with E-state index in [4.69, 9.17) is 0 Å². The molecule has 4 atom stereocenters. The molecule has 1 aromatic rings. The Bertz CT molecular complexity index is 1090.